The molecular weight excluding hydrogens is 324 g/mol. The summed E-state index contributed by atoms with van der Waals surface area (Å²) >= 11 is 0. The summed E-state index contributed by atoms with van der Waals surface area (Å²) in [5.74, 6) is 0.609. The molecule has 4 rings (SSSR count). The number of amides is 1. The second-order valence-corrected chi connectivity index (χ2v) is 6.42. The highest BCUT2D eigenvalue weighted by Gasteiger charge is 2.13. The highest BCUT2D eigenvalue weighted by atomic mass is 16.5. The Morgan fingerprint density at radius 1 is 1.04 bits per heavy atom. The van der Waals surface area contributed by atoms with Crippen LogP contribution < -0.4 is 10.1 Å². The number of rotatable bonds is 4. The molecule has 0 radical (unpaired) electrons. The van der Waals surface area contributed by atoms with Gasteiger partial charge in [-0.15, -0.1) is 0 Å². The van der Waals surface area contributed by atoms with Crippen LogP contribution in [0.1, 0.15) is 27.9 Å². The number of benzene rings is 2. The first kappa shape index (κ1) is 16.3. The van der Waals surface area contributed by atoms with Gasteiger partial charge >= 0.3 is 0 Å². The van der Waals surface area contributed by atoms with Crippen LogP contribution in [0.4, 0.5) is 5.69 Å². The molecule has 1 N–H and O–H groups in total. The van der Waals surface area contributed by atoms with Gasteiger partial charge in [0.2, 0.25) is 0 Å². The van der Waals surface area contributed by atoms with Crippen molar-refractivity contribution in [3.05, 3.63) is 77.5 Å². The lowest BCUT2D eigenvalue weighted by Crippen LogP contribution is -2.12. The molecule has 0 saturated heterocycles. The molecule has 0 spiro atoms. The molecule has 0 bridgehead atoms. The van der Waals surface area contributed by atoms with E-state index >= 15 is 0 Å². The molecule has 0 atom stereocenters. The minimum Gasteiger partial charge on any atom is -0.496 e. The molecule has 2 aromatic carbocycles. The Morgan fingerprint density at radius 2 is 1.88 bits per heavy atom. The summed E-state index contributed by atoms with van der Waals surface area (Å²) in [5, 5.41) is 2.97. The van der Waals surface area contributed by atoms with Gasteiger partial charge in [0.15, 0.2) is 0 Å². The lowest BCUT2D eigenvalue weighted by Gasteiger charge is -2.09. The number of anilines is 1. The van der Waals surface area contributed by atoms with E-state index in [1.54, 1.807) is 19.4 Å². The number of para-hydroxylation sites is 1. The quantitative estimate of drug-likeness (QED) is 0.758. The van der Waals surface area contributed by atoms with Crippen molar-refractivity contribution in [2.75, 3.05) is 12.4 Å². The van der Waals surface area contributed by atoms with Crippen LogP contribution in [0.25, 0.3) is 11.3 Å². The predicted octanol–water partition coefficient (Wildman–Crippen LogP) is 4.50. The number of carbonyl (C=O) groups is 1. The zero-order valence-electron chi connectivity index (χ0n) is 14.7. The van der Waals surface area contributed by atoms with Gasteiger partial charge in [0.05, 0.1) is 18.4 Å². The number of ether oxygens (including phenoxy) is 1. The Kier molecular flexibility index (Phi) is 4.40. The standard InChI is InChI=1S/C22H20N2O2/c1-26-21-8-3-2-7-19(21)20-12-10-17(14-23-20)22(25)24-18-11-9-15-5-4-6-16(15)13-18/h2-3,7-14H,4-6H2,1H3,(H,24,25). The molecule has 0 fully saturated rings. The molecule has 1 aliphatic rings. The van der Waals surface area contributed by atoms with Crippen molar-refractivity contribution in [1.82, 2.24) is 4.98 Å². The fourth-order valence-corrected chi connectivity index (χ4v) is 3.40. The second-order valence-electron chi connectivity index (χ2n) is 6.42. The van der Waals surface area contributed by atoms with Crippen molar-refractivity contribution in [3.63, 3.8) is 0 Å². The van der Waals surface area contributed by atoms with Crippen molar-refractivity contribution in [2.45, 2.75) is 19.3 Å². The summed E-state index contributed by atoms with van der Waals surface area (Å²) in [6, 6.07) is 17.5. The monoisotopic (exact) mass is 344 g/mol. The number of nitrogens with zero attached hydrogens (tertiary/aromatic N) is 1. The molecule has 4 nitrogen and oxygen atoms in total. The summed E-state index contributed by atoms with van der Waals surface area (Å²) in [7, 11) is 1.64. The fourth-order valence-electron chi connectivity index (χ4n) is 3.40. The molecule has 130 valence electrons. The number of nitrogens with one attached hydrogen (secondary N) is 1. The van der Waals surface area contributed by atoms with Crippen molar-refractivity contribution >= 4 is 11.6 Å². The minimum absolute atomic E-state index is 0.151. The number of carbonyl (C=O) groups excluding carboxylic acids is 1. The summed E-state index contributed by atoms with van der Waals surface area (Å²) < 4.78 is 5.37. The first-order valence-electron chi connectivity index (χ1n) is 8.77. The molecular formula is C22H20N2O2. The van der Waals surface area contributed by atoms with E-state index in [1.807, 2.05) is 36.4 Å². The van der Waals surface area contributed by atoms with Gasteiger partial charge in [-0.3, -0.25) is 9.78 Å². The Morgan fingerprint density at radius 3 is 2.69 bits per heavy atom. The number of hydrogen-bond donors (Lipinski definition) is 1. The van der Waals surface area contributed by atoms with Crippen LogP contribution in [0.3, 0.4) is 0 Å². The lowest BCUT2D eigenvalue weighted by molar-refractivity contribution is 0.102. The first-order chi connectivity index (χ1) is 12.7. The highest BCUT2D eigenvalue weighted by Crippen LogP contribution is 2.28. The fraction of sp³-hybridized carbons (Fsp3) is 0.182. The molecule has 26 heavy (non-hydrogen) atoms. The Hall–Kier alpha value is -3.14. The van der Waals surface area contributed by atoms with Gasteiger partial charge < -0.3 is 10.1 Å². The molecule has 1 aromatic heterocycles. The number of pyridine rings is 1. The molecule has 4 heteroatoms. The normalized spacial score (nSPS) is 12.5. The Bertz CT molecular complexity index is 949. The van der Waals surface area contributed by atoms with Crippen molar-refractivity contribution < 1.29 is 9.53 Å². The van der Waals surface area contributed by atoms with Gasteiger partial charge in [-0.05, 0) is 66.8 Å². The number of hydrogen-bond acceptors (Lipinski definition) is 3. The van der Waals surface area contributed by atoms with Gasteiger partial charge in [0.1, 0.15) is 5.75 Å². The largest absolute Gasteiger partial charge is 0.496 e. The number of aromatic nitrogens is 1. The molecule has 1 amide bonds. The average molecular weight is 344 g/mol. The van der Waals surface area contributed by atoms with Crippen LogP contribution >= 0.6 is 0 Å². The van der Waals surface area contributed by atoms with E-state index in [4.69, 9.17) is 4.74 Å². The molecule has 0 aliphatic heterocycles. The Balaban J connectivity index is 1.52. The van der Waals surface area contributed by atoms with Gasteiger partial charge in [0, 0.05) is 17.4 Å². The van der Waals surface area contributed by atoms with E-state index in [0.717, 1.165) is 35.5 Å². The SMILES string of the molecule is COc1ccccc1-c1ccc(C(=O)Nc2ccc3c(c2)CCC3)cn1. The molecule has 0 saturated carbocycles. The van der Waals surface area contributed by atoms with Gasteiger partial charge in [-0.2, -0.15) is 0 Å². The van der Waals surface area contributed by atoms with Crippen LogP contribution in [0.15, 0.2) is 60.8 Å². The van der Waals surface area contributed by atoms with Gasteiger partial charge in [-0.1, -0.05) is 18.2 Å². The summed E-state index contributed by atoms with van der Waals surface area (Å²) in [5.41, 5.74) is 5.78. The van der Waals surface area contributed by atoms with Crippen LogP contribution in [-0.2, 0) is 12.8 Å². The smallest absolute Gasteiger partial charge is 0.257 e. The summed E-state index contributed by atoms with van der Waals surface area (Å²) in [4.78, 5) is 16.9. The van der Waals surface area contributed by atoms with Crippen LogP contribution in [0.2, 0.25) is 0 Å². The number of methoxy groups -OCH3 is 1. The third kappa shape index (κ3) is 3.18. The maximum Gasteiger partial charge on any atom is 0.257 e. The van der Waals surface area contributed by atoms with Crippen molar-refractivity contribution in [2.24, 2.45) is 0 Å². The van der Waals surface area contributed by atoms with Crippen LogP contribution in [-0.4, -0.2) is 18.0 Å². The lowest BCUT2D eigenvalue weighted by atomic mass is 10.1. The van der Waals surface area contributed by atoms with E-state index in [-0.39, 0.29) is 5.91 Å². The number of fused-ring (bicyclic) bond motifs is 1. The topological polar surface area (TPSA) is 51.2 Å². The van der Waals surface area contributed by atoms with Crippen LogP contribution in [0.5, 0.6) is 5.75 Å². The number of aryl methyl sites for hydroxylation is 2. The van der Waals surface area contributed by atoms with Crippen LogP contribution in [0, 0.1) is 0 Å². The zero-order chi connectivity index (χ0) is 17.9. The second kappa shape index (κ2) is 7.00. The average Bonchev–Trinajstić information content (AvgIpc) is 3.16. The third-order valence-electron chi connectivity index (χ3n) is 4.76. The summed E-state index contributed by atoms with van der Waals surface area (Å²) in [6.45, 7) is 0. The molecule has 1 heterocycles. The molecule has 0 unspecified atom stereocenters. The maximum absolute atomic E-state index is 12.5. The van der Waals surface area contributed by atoms with E-state index in [0.29, 0.717) is 5.56 Å². The molecule has 1 aliphatic carbocycles. The van der Waals surface area contributed by atoms with E-state index < -0.39 is 0 Å². The van der Waals surface area contributed by atoms with E-state index in [1.165, 1.54) is 17.5 Å². The van der Waals surface area contributed by atoms with E-state index in [2.05, 4.69) is 22.4 Å². The predicted molar refractivity (Wildman–Crippen MR) is 103 cm³/mol. The Labute approximate surface area is 152 Å². The first-order valence-corrected chi connectivity index (χ1v) is 8.77. The van der Waals surface area contributed by atoms with Gasteiger partial charge in [0.25, 0.3) is 5.91 Å². The summed E-state index contributed by atoms with van der Waals surface area (Å²) in [6.07, 6.45) is 5.03. The van der Waals surface area contributed by atoms with Crippen molar-refractivity contribution in [3.8, 4) is 17.0 Å². The third-order valence-corrected chi connectivity index (χ3v) is 4.76. The van der Waals surface area contributed by atoms with E-state index in [9.17, 15) is 4.79 Å². The molecule has 3 aromatic rings. The highest BCUT2D eigenvalue weighted by molar-refractivity contribution is 6.04. The maximum atomic E-state index is 12.5. The van der Waals surface area contributed by atoms with Gasteiger partial charge in [-0.25, -0.2) is 0 Å². The zero-order valence-corrected chi connectivity index (χ0v) is 14.7. The van der Waals surface area contributed by atoms with Crippen molar-refractivity contribution in [1.29, 1.82) is 0 Å². The minimum atomic E-state index is -0.151.